The molecule has 1 aliphatic heterocycles. The Morgan fingerprint density at radius 3 is 1.91 bits per heavy atom. The van der Waals surface area contributed by atoms with E-state index in [1.807, 2.05) is 60.7 Å². The van der Waals surface area contributed by atoms with Gasteiger partial charge in [0.15, 0.2) is 0 Å². The van der Waals surface area contributed by atoms with E-state index in [1.54, 1.807) is 12.1 Å². The van der Waals surface area contributed by atoms with Gasteiger partial charge in [-0.2, -0.15) is 0 Å². The van der Waals surface area contributed by atoms with Gasteiger partial charge in [-0.3, -0.25) is 0 Å². The van der Waals surface area contributed by atoms with Gasteiger partial charge in [-0.15, -0.1) is 0 Å². The lowest BCUT2D eigenvalue weighted by Crippen LogP contribution is -2.37. The molecule has 0 aliphatic carbocycles. The van der Waals surface area contributed by atoms with Crippen LogP contribution in [0.15, 0.2) is 83.5 Å². The average Bonchev–Trinajstić information content (AvgIpc) is 3.25. The van der Waals surface area contributed by atoms with Crippen LogP contribution in [-0.2, 0) is 19.7 Å². The standard InChI is InChI=1S/C18H13BO4/c20-17-18(14-8-3-1-4-9-14,15-10-5-2-6-11-15)23-19(22-17)16-12-7-13-21-16/h1-13H. The third kappa shape index (κ3) is 2.17. The molecular formula is C18H13BO4. The molecule has 2 heterocycles. The summed E-state index contributed by atoms with van der Waals surface area (Å²) in [4.78, 5) is 12.8. The molecule has 1 aliphatic rings. The van der Waals surface area contributed by atoms with E-state index in [4.69, 9.17) is 13.7 Å². The van der Waals surface area contributed by atoms with Gasteiger partial charge in [0.25, 0.3) is 0 Å². The summed E-state index contributed by atoms with van der Waals surface area (Å²) in [5, 5.41) is 0. The molecule has 0 amide bonds. The fourth-order valence-corrected chi connectivity index (χ4v) is 2.84. The van der Waals surface area contributed by atoms with Crippen LogP contribution in [0.4, 0.5) is 0 Å². The highest BCUT2D eigenvalue weighted by Crippen LogP contribution is 2.39. The lowest BCUT2D eigenvalue weighted by Gasteiger charge is -2.26. The largest absolute Gasteiger partial charge is 0.604 e. The summed E-state index contributed by atoms with van der Waals surface area (Å²) in [6.07, 6.45) is 1.53. The van der Waals surface area contributed by atoms with E-state index in [-0.39, 0.29) is 0 Å². The number of hydrogen-bond donors (Lipinski definition) is 0. The van der Waals surface area contributed by atoms with Crippen molar-refractivity contribution in [2.75, 3.05) is 0 Å². The maximum atomic E-state index is 12.8. The summed E-state index contributed by atoms with van der Waals surface area (Å²) in [5.41, 5.74) is 0.627. The summed E-state index contributed by atoms with van der Waals surface area (Å²) in [6, 6.07) is 22.2. The molecule has 112 valence electrons. The zero-order valence-corrected chi connectivity index (χ0v) is 12.2. The Hall–Kier alpha value is -2.79. The minimum Gasteiger partial charge on any atom is -0.501 e. The fourth-order valence-electron chi connectivity index (χ4n) is 2.84. The molecule has 0 saturated carbocycles. The summed E-state index contributed by atoms with van der Waals surface area (Å²) in [6.45, 7) is 0. The van der Waals surface area contributed by atoms with Crippen molar-refractivity contribution in [2.24, 2.45) is 0 Å². The predicted molar refractivity (Wildman–Crippen MR) is 84.9 cm³/mol. The highest BCUT2D eigenvalue weighted by molar-refractivity contribution is 6.63. The lowest BCUT2D eigenvalue weighted by molar-refractivity contribution is -0.141. The third-order valence-corrected chi connectivity index (χ3v) is 3.92. The molecular weight excluding hydrogens is 291 g/mol. The van der Waals surface area contributed by atoms with Crippen LogP contribution in [0.5, 0.6) is 0 Å². The van der Waals surface area contributed by atoms with E-state index in [0.717, 1.165) is 11.1 Å². The topological polar surface area (TPSA) is 48.7 Å². The predicted octanol–water partition coefficient (Wildman–Crippen LogP) is 2.49. The highest BCUT2D eigenvalue weighted by Gasteiger charge is 2.56. The van der Waals surface area contributed by atoms with E-state index in [1.165, 1.54) is 6.26 Å². The highest BCUT2D eigenvalue weighted by atomic mass is 16.7. The average molecular weight is 304 g/mol. The van der Waals surface area contributed by atoms with Crippen LogP contribution in [0.25, 0.3) is 0 Å². The van der Waals surface area contributed by atoms with Crippen LogP contribution < -0.4 is 5.66 Å². The minimum absolute atomic E-state index is 0.448. The molecule has 1 saturated heterocycles. The van der Waals surface area contributed by atoms with Crippen LogP contribution in [0, 0.1) is 0 Å². The fraction of sp³-hybridized carbons (Fsp3) is 0.0556. The summed E-state index contributed by atoms with van der Waals surface area (Å²) in [7, 11) is -0.863. The molecule has 1 aromatic heterocycles. The van der Waals surface area contributed by atoms with Gasteiger partial charge in [-0.05, 0) is 23.3 Å². The van der Waals surface area contributed by atoms with Crippen molar-refractivity contribution in [1.82, 2.24) is 0 Å². The first-order valence-electron chi connectivity index (χ1n) is 7.34. The molecule has 2 aromatic carbocycles. The van der Waals surface area contributed by atoms with Crippen molar-refractivity contribution in [2.45, 2.75) is 5.60 Å². The first kappa shape index (κ1) is 13.8. The summed E-state index contributed by atoms with van der Waals surface area (Å²) >= 11 is 0. The van der Waals surface area contributed by atoms with Crippen LogP contribution in [-0.4, -0.2) is 13.1 Å². The molecule has 3 aromatic rings. The van der Waals surface area contributed by atoms with Crippen LogP contribution >= 0.6 is 0 Å². The Labute approximate surface area is 133 Å². The molecule has 23 heavy (non-hydrogen) atoms. The van der Waals surface area contributed by atoms with Crippen molar-refractivity contribution >= 4 is 18.7 Å². The molecule has 0 bridgehead atoms. The Morgan fingerprint density at radius 1 is 0.783 bits per heavy atom. The normalized spacial score (nSPS) is 16.3. The van der Waals surface area contributed by atoms with E-state index in [9.17, 15) is 4.79 Å². The second kappa shape index (κ2) is 5.45. The van der Waals surface area contributed by atoms with E-state index in [0.29, 0.717) is 5.66 Å². The van der Waals surface area contributed by atoms with Crippen molar-refractivity contribution in [3.63, 3.8) is 0 Å². The monoisotopic (exact) mass is 304 g/mol. The third-order valence-electron chi connectivity index (χ3n) is 3.92. The SMILES string of the molecule is O=C1OB(c2ccco2)OC1(c1ccccc1)c1ccccc1. The van der Waals surface area contributed by atoms with Crippen molar-refractivity contribution in [1.29, 1.82) is 0 Å². The Bertz CT molecular complexity index is 760. The van der Waals surface area contributed by atoms with Gasteiger partial charge in [-0.1, -0.05) is 60.7 Å². The van der Waals surface area contributed by atoms with E-state index in [2.05, 4.69) is 0 Å². The van der Waals surface area contributed by atoms with Crippen LogP contribution in [0.3, 0.4) is 0 Å². The zero-order chi connectivity index (χ0) is 15.7. The smallest absolute Gasteiger partial charge is 0.501 e. The van der Waals surface area contributed by atoms with Crippen molar-refractivity contribution in [3.8, 4) is 0 Å². The van der Waals surface area contributed by atoms with E-state index >= 15 is 0 Å². The number of furan rings is 1. The van der Waals surface area contributed by atoms with Crippen LogP contribution in [0.1, 0.15) is 11.1 Å². The first-order chi connectivity index (χ1) is 11.3. The van der Waals surface area contributed by atoms with Gasteiger partial charge in [0, 0.05) is 0 Å². The molecule has 0 spiro atoms. The number of carbonyl (C=O) groups excluding carboxylic acids is 1. The minimum atomic E-state index is -1.29. The maximum Gasteiger partial charge on any atom is 0.604 e. The second-order valence-corrected chi connectivity index (χ2v) is 5.28. The van der Waals surface area contributed by atoms with Crippen molar-refractivity contribution < 1.29 is 18.5 Å². The van der Waals surface area contributed by atoms with Crippen molar-refractivity contribution in [3.05, 3.63) is 90.2 Å². The first-order valence-corrected chi connectivity index (χ1v) is 7.34. The lowest BCUT2D eigenvalue weighted by atomic mass is 9.83. The second-order valence-electron chi connectivity index (χ2n) is 5.28. The molecule has 5 heteroatoms. The van der Waals surface area contributed by atoms with E-state index < -0.39 is 18.7 Å². The molecule has 1 fully saturated rings. The molecule has 0 unspecified atom stereocenters. The maximum absolute atomic E-state index is 12.8. The summed E-state index contributed by atoms with van der Waals surface area (Å²) < 4.78 is 16.9. The van der Waals surface area contributed by atoms with Gasteiger partial charge in [0.2, 0.25) is 5.60 Å². The van der Waals surface area contributed by atoms with Gasteiger partial charge >= 0.3 is 13.1 Å². The Morgan fingerprint density at radius 2 is 1.39 bits per heavy atom. The number of rotatable bonds is 3. The number of carbonyl (C=O) groups is 1. The number of benzene rings is 2. The Balaban J connectivity index is 1.86. The van der Waals surface area contributed by atoms with Gasteiger partial charge < -0.3 is 13.7 Å². The quantitative estimate of drug-likeness (QED) is 0.698. The van der Waals surface area contributed by atoms with Crippen LogP contribution in [0.2, 0.25) is 0 Å². The van der Waals surface area contributed by atoms with Gasteiger partial charge in [-0.25, -0.2) is 4.79 Å². The summed E-state index contributed by atoms with van der Waals surface area (Å²) in [5.74, 6) is -0.448. The molecule has 0 N–H and O–H groups in total. The Kier molecular flexibility index (Phi) is 3.28. The number of hydrogen-bond acceptors (Lipinski definition) is 4. The molecule has 0 radical (unpaired) electrons. The molecule has 0 atom stereocenters. The van der Waals surface area contributed by atoms with Gasteiger partial charge in [0.1, 0.15) is 5.66 Å². The molecule has 4 rings (SSSR count). The molecule has 4 nitrogen and oxygen atoms in total. The zero-order valence-electron chi connectivity index (χ0n) is 12.2. The van der Waals surface area contributed by atoms with Gasteiger partial charge in [0.05, 0.1) is 6.26 Å².